The lowest BCUT2D eigenvalue weighted by molar-refractivity contribution is 0.102. The number of hydrogen-bond acceptors (Lipinski definition) is 6. The minimum Gasteiger partial charge on any atom is -0.296 e. The molecule has 3 aromatic rings. The zero-order valence-electron chi connectivity index (χ0n) is 14.0. The highest BCUT2D eigenvalue weighted by molar-refractivity contribution is 7.94. The lowest BCUT2D eigenvalue weighted by Crippen LogP contribution is -2.13. The van der Waals surface area contributed by atoms with Crippen LogP contribution in [0.5, 0.6) is 0 Å². The first-order valence-corrected chi connectivity index (χ1v) is 11.0. The average Bonchev–Trinajstić information content (AvgIpc) is 3.08. The van der Waals surface area contributed by atoms with E-state index in [1.165, 1.54) is 18.2 Å². The topological polar surface area (TPSA) is 101 Å². The fraction of sp³-hybridized carbons (Fsp3) is 0.0625. The molecule has 0 spiro atoms. The summed E-state index contributed by atoms with van der Waals surface area (Å²) in [5, 5.41) is 10.8. The van der Waals surface area contributed by atoms with Crippen molar-refractivity contribution in [2.45, 2.75) is 11.3 Å². The van der Waals surface area contributed by atoms with E-state index in [9.17, 15) is 13.2 Å². The fourth-order valence-electron chi connectivity index (χ4n) is 2.11. The first kappa shape index (κ1) is 20.8. The van der Waals surface area contributed by atoms with Gasteiger partial charge in [-0.1, -0.05) is 52.2 Å². The summed E-state index contributed by atoms with van der Waals surface area (Å²) in [6.45, 7) is 1.68. The number of benzene rings is 2. The first-order valence-electron chi connectivity index (χ1n) is 7.55. The highest BCUT2D eigenvalue weighted by Crippen LogP contribution is 2.28. The van der Waals surface area contributed by atoms with Crippen molar-refractivity contribution < 1.29 is 13.2 Å². The second kappa shape index (κ2) is 8.22. The minimum absolute atomic E-state index is 0.000734. The molecule has 0 saturated heterocycles. The SMILES string of the molecule is Cc1c(Cl)cccc1NS(=O)(=O)c1nnc(NC(=O)c2ccc(Cl)cc2Cl)s1. The van der Waals surface area contributed by atoms with Crippen LogP contribution in [0, 0.1) is 6.92 Å². The molecule has 0 saturated carbocycles. The Labute approximate surface area is 179 Å². The van der Waals surface area contributed by atoms with Crippen LogP contribution in [-0.4, -0.2) is 24.5 Å². The number of carbonyl (C=O) groups is 1. The Kier molecular flexibility index (Phi) is 6.11. The molecule has 3 rings (SSSR count). The zero-order chi connectivity index (χ0) is 20.5. The van der Waals surface area contributed by atoms with Gasteiger partial charge in [-0.15, -0.1) is 10.2 Å². The Hall–Kier alpha value is -1.91. The van der Waals surface area contributed by atoms with E-state index in [-0.39, 0.29) is 20.1 Å². The molecule has 0 aliphatic carbocycles. The summed E-state index contributed by atoms with van der Waals surface area (Å²) in [5.41, 5.74) is 1.06. The van der Waals surface area contributed by atoms with Crippen LogP contribution in [0.4, 0.5) is 10.8 Å². The molecule has 0 unspecified atom stereocenters. The normalized spacial score (nSPS) is 11.3. The summed E-state index contributed by atoms with van der Waals surface area (Å²) in [5.74, 6) is -0.569. The maximum Gasteiger partial charge on any atom is 0.291 e. The van der Waals surface area contributed by atoms with Crippen LogP contribution < -0.4 is 10.0 Å². The van der Waals surface area contributed by atoms with Gasteiger partial charge in [0, 0.05) is 10.0 Å². The van der Waals surface area contributed by atoms with Gasteiger partial charge in [-0.25, -0.2) is 0 Å². The number of hydrogen-bond donors (Lipinski definition) is 2. The number of rotatable bonds is 5. The molecule has 146 valence electrons. The lowest BCUT2D eigenvalue weighted by atomic mass is 10.2. The van der Waals surface area contributed by atoms with E-state index in [0.717, 1.165) is 0 Å². The number of aromatic nitrogens is 2. The first-order chi connectivity index (χ1) is 13.2. The summed E-state index contributed by atoms with van der Waals surface area (Å²) >= 11 is 18.5. The van der Waals surface area contributed by atoms with Crippen molar-refractivity contribution in [2.24, 2.45) is 0 Å². The summed E-state index contributed by atoms with van der Waals surface area (Å²) in [6, 6.07) is 9.22. The summed E-state index contributed by atoms with van der Waals surface area (Å²) in [4.78, 5) is 12.3. The Bertz CT molecular complexity index is 1170. The molecule has 12 heteroatoms. The number of halogens is 3. The summed E-state index contributed by atoms with van der Waals surface area (Å²) < 4.78 is 27.2. The molecule has 0 fully saturated rings. The van der Waals surface area contributed by atoms with Crippen molar-refractivity contribution in [3.05, 3.63) is 62.6 Å². The van der Waals surface area contributed by atoms with Crippen LogP contribution in [0.2, 0.25) is 15.1 Å². The molecule has 2 N–H and O–H groups in total. The van der Waals surface area contributed by atoms with E-state index in [0.29, 0.717) is 32.6 Å². The van der Waals surface area contributed by atoms with E-state index in [4.69, 9.17) is 34.8 Å². The summed E-state index contributed by atoms with van der Waals surface area (Å²) in [7, 11) is -4.00. The lowest BCUT2D eigenvalue weighted by Gasteiger charge is -2.09. The molecular formula is C16H11Cl3N4O3S2. The number of nitrogens with one attached hydrogen (secondary N) is 2. The van der Waals surface area contributed by atoms with Crippen LogP contribution in [0.25, 0.3) is 0 Å². The third-order valence-electron chi connectivity index (χ3n) is 3.54. The van der Waals surface area contributed by atoms with Crippen molar-refractivity contribution in [1.82, 2.24) is 10.2 Å². The van der Waals surface area contributed by atoms with Crippen molar-refractivity contribution in [3.8, 4) is 0 Å². The van der Waals surface area contributed by atoms with Gasteiger partial charge in [0.05, 0.1) is 16.3 Å². The van der Waals surface area contributed by atoms with E-state index in [1.54, 1.807) is 25.1 Å². The van der Waals surface area contributed by atoms with Gasteiger partial charge >= 0.3 is 0 Å². The van der Waals surface area contributed by atoms with Gasteiger partial charge in [-0.2, -0.15) is 8.42 Å². The van der Waals surface area contributed by atoms with Crippen LogP contribution in [-0.2, 0) is 10.0 Å². The number of amides is 1. The fourth-order valence-corrected chi connectivity index (χ4v) is 4.80. The molecule has 1 amide bonds. The Morgan fingerprint density at radius 3 is 2.54 bits per heavy atom. The second-order valence-electron chi connectivity index (χ2n) is 5.47. The summed E-state index contributed by atoms with van der Waals surface area (Å²) in [6.07, 6.45) is 0. The third kappa shape index (κ3) is 4.56. The quantitative estimate of drug-likeness (QED) is 0.511. The molecule has 0 aliphatic rings. The molecule has 1 aromatic heterocycles. The van der Waals surface area contributed by atoms with E-state index in [1.807, 2.05) is 0 Å². The monoisotopic (exact) mass is 476 g/mol. The van der Waals surface area contributed by atoms with Gasteiger partial charge in [0.2, 0.25) is 5.13 Å². The molecule has 28 heavy (non-hydrogen) atoms. The largest absolute Gasteiger partial charge is 0.296 e. The molecular weight excluding hydrogens is 467 g/mol. The number of carbonyl (C=O) groups excluding carboxylic acids is 1. The number of nitrogens with zero attached hydrogens (tertiary/aromatic N) is 2. The maximum atomic E-state index is 12.5. The van der Waals surface area contributed by atoms with Crippen LogP contribution in [0.1, 0.15) is 15.9 Å². The van der Waals surface area contributed by atoms with Crippen molar-refractivity contribution in [3.63, 3.8) is 0 Å². The zero-order valence-corrected chi connectivity index (χ0v) is 17.9. The molecule has 0 aliphatic heterocycles. The standard InChI is InChI=1S/C16H11Cl3N4O3S2/c1-8-11(18)3-2-4-13(8)23-28(25,26)16-22-21-15(27-16)20-14(24)10-6-5-9(17)7-12(10)19/h2-7,23H,1H3,(H,20,21,24). The van der Waals surface area contributed by atoms with Crippen molar-refractivity contribution in [2.75, 3.05) is 10.0 Å². The van der Waals surface area contributed by atoms with E-state index in [2.05, 4.69) is 20.2 Å². The van der Waals surface area contributed by atoms with Gasteiger partial charge in [0.1, 0.15) is 0 Å². The average molecular weight is 478 g/mol. The Morgan fingerprint density at radius 2 is 1.82 bits per heavy atom. The van der Waals surface area contributed by atoms with E-state index >= 15 is 0 Å². The van der Waals surface area contributed by atoms with Crippen molar-refractivity contribution in [1.29, 1.82) is 0 Å². The minimum atomic E-state index is -4.00. The van der Waals surface area contributed by atoms with Crippen LogP contribution >= 0.6 is 46.1 Å². The Morgan fingerprint density at radius 1 is 1.07 bits per heavy atom. The third-order valence-corrected chi connectivity index (χ3v) is 7.07. The van der Waals surface area contributed by atoms with Gasteiger partial charge in [0.15, 0.2) is 0 Å². The van der Waals surface area contributed by atoms with Gasteiger partial charge in [0.25, 0.3) is 20.3 Å². The van der Waals surface area contributed by atoms with Crippen LogP contribution in [0.3, 0.4) is 0 Å². The van der Waals surface area contributed by atoms with E-state index < -0.39 is 15.9 Å². The highest BCUT2D eigenvalue weighted by Gasteiger charge is 2.22. The smallest absolute Gasteiger partial charge is 0.291 e. The molecule has 0 radical (unpaired) electrons. The van der Waals surface area contributed by atoms with Gasteiger partial charge in [-0.05, 0) is 42.8 Å². The molecule has 7 nitrogen and oxygen atoms in total. The molecule has 1 heterocycles. The van der Waals surface area contributed by atoms with Crippen molar-refractivity contribution >= 4 is 72.9 Å². The molecule has 2 aromatic carbocycles. The van der Waals surface area contributed by atoms with Gasteiger partial charge in [-0.3, -0.25) is 14.8 Å². The number of sulfonamides is 1. The highest BCUT2D eigenvalue weighted by atomic mass is 35.5. The Balaban J connectivity index is 1.79. The predicted molar refractivity (Wildman–Crippen MR) is 111 cm³/mol. The predicted octanol–water partition coefficient (Wildman–Crippen LogP) is 4.86. The van der Waals surface area contributed by atoms with Crippen LogP contribution in [0.15, 0.2) is 40.7 Å². The van der Waals surface area contributed by atoms with Gasteiger partial charge < -0.3 is 0 Å². The number of anilines is 2. The second-order valence-corrected chi connectivity index (χ2v) is 9.55. The molecule has 0 bridgehead atoms. The maximum absolute atomic E-state index is 12.5. The molecule has 0 atom stereocenters.